The van der Waals surface area contributed by atoms with Gasteiger partial charge in [0.05, 0.1) is 0 Å². The predicted octanol–water partition coefficient (Wildman–Crippen LogP) is 3.69. The first kappa shape index (κ1) is 13.6. The number of hydrogen-bond acceptors (Lipinski definition) is 2. The molecular formula is C13H10Cl3NO. The summed E-state index contributed by atoms with van der Waals surface area (Å²) in [4.78, 5) is 3.95. The van der Waals surface area contributed by atoms with Crippen molar-refractivity contribution in [2.45, 2.75) is 9.39 Å². The largest absolute Gasteiger partial charge is 0.376 e. The van der Waals surface area contributed by atoms with Gasteiger partial charge in [-0.15, -0.1) is 0 Å². The number of hydrogen-bond donors (Lipinski definition) is 1. The first-order valence-corrected chi connectivity index (χ1v) is 6.35. The smallest absolute Gasteiger partial charge is 0.227 e. The van der Waals surface area contributed by atoms with Crippen molar-refractivity contribution >= 4 is 34.8 Å². The van der Waals surface area contributed by atoms with Gasteiger partial charge in [-0.2, -0.15) is 0 Å². The van der Waals surface area contributed by atoms with Crippen LogP contribution >= 0.6 is 34.8 Å². The van der Waals surface area contributed by atoms with Crippen LogP contribution in [0.4, 0.5) is 0 Å². The summed E-state index contributed by atoms with van der Waals surface area (Å²) in [5, 5.41) is 10.9. The summed E-state index contributed by atoms with van der Waals surface area (Å²) in [7, 11) is 0. The SMILES string of the molecule is O[C@@](c1ccccc1)(c1cccnc1)C(Cl)(Cl)Cl. The molecule has 2 nitrogen and oxygen atoms in total. The minimum atomic E-state index is -1.91. The zero-order valence-electron chi connectivity index (χ0n) is 9.22. The lowest BCUT2D eigenvalue weighted by atomic mass is 9.88. The Labute approximate surface area is 120 Å². The molecule has 0 amide bonds. The lowest BCUT2D eigenvalue weighted by Crippen LogP contribution is -2.41. The number of alkyl halides is 3. The van der Waals surface area contributed by atoms with Gasteiger partial charge >= 0.3 is 0 Å². The fraction of sp³-hybridized carbons (Fsp3) is 0.154. The molecule has 1 atom stereocenters. The van der Waals surface area contributed by atoms with Crippen LogP contribution in [0.25, 0.3) is 0 Å². The minimum Gasteiger partial charge on any atom is -0.376 e. The number of aromatic nitrogens is 1. The van der Waals surface area contributed by atoms with Crippen molar-refractivity contribution in [1.29, 1.82) is 0 Å². The van der Waals surface area contributed by atoms with Crippen LogP contribution in [0.15, 0.2) is 54.9 Å². The Morgan fingerprint density at radius 2 is 1.50 bits per heavy atom. The van der Waals surface area contributed by atoms with Crippen LogP contribution in [-0.4, -0.2) is 13.9 Å². The van der Waals surface area contributed by atoms with Gasteiger partial charge in [0.2, 0.25) is 3.79 Å². The van der Waals surface area contributed by atoms with Crippen LogP contribution in [0.3, 0.4) is 0 Å². The van der Waals surface area contributed by atoms with Crippen LogP contribution in [0, 0.1) is 0 Å². The lowest BCUT2D eigenvalue weighted by Gasteiger charge is -2.35. The quantitative estimate of drug-likeness (QED) is 0.858. The molecule has 2 rings (SSSR count). The minimum absolute atomic E-state index is 0.427. The van der Waals surface area contributed by atoms with Crippen molar-refractivity contribution in [1.82, 2.24) is 4.98 Å². The summed E-state index contributed by atoms with van der Waals surface area (Å²) < 4.78 is -1.91. The number of rotatable bonds is 2. The van der Waals surface area contributed by atoms with Crippen LogP contribution in [0.5, 0.6) is 0 Å². The second-order valence-corrected chi connectivity index (χ2v) is 6.10. The summed E-state index contributed by atoms with van der Waals surface area (Å²) in [6, 6.07) is 12.1. The standard InChI is InChI=1S/C13H10Cl3NO/c14-13(15,16)12(18,10-5-2-1-3-6-10)11-7-4-8-17-9-11/h1-9,18H/t12-/m0/s1. The van der Waals surface area contributed by atoms with Crippen molar-refractivity contribution < 1.29 is 5.11 Å². The van der Waals surface area contributed by atoms with E-state index in [0.29, 0.717) is 11.1 Å². The molecule has 0 radical (unpaired) electrons. The number of pyridine rings is 1. The molecule has 0 bridgehead atoms. The molecule has 0 saturated heterocycles. The van der Waals surface area contributed by atoms with E-state index >= 15 is 0 Å². The molecule has 18 heavy (non-hydrogen) atoms. The molecule has 0 aliphatic heterocycles. The molecule has 94 valence electrons. The third kappa shape index (κ3) is 2.34. The third-order valence-corrected chi connectivity index (χ3v) is 3.50. The second-order valence-electron chi connectivity index (χ2n) is 3.82. The monoisotopic (exact) mass is 301 g/mol. The zero-order chi connectivity index (χ0) is 13.2. The van der Waals surface area contributed by atoms with E-state index in [0.717, 1.165) is 0 Å². The maximum Gasteiger partial charge on any atom is 0.227 e. The highest BCUT2D eigenvalue weighted by molar-refractivity contribution is 6.68. The zero-order valence-corrected chi connectivity index (χ0v) is 11.5. The molecule has 1 aromatic heterocycles. The van der Waals surface area contributed by atoms with Gasteiger partial charge in [-0.05, 0) is 11.6 Å². The van der Waals surface area contributed by atoms with E-state index in [2.05, 4.69) is 4.98 Å². The Morgan fingerprint density at radius 3 is 2.00 bits per heavy atom. The average molecular weight is 303 g/mol. The molecule has 0 spiro atoms. The Kier molecular flexibility index (Phi) is 3.83. The molecule has 1 aromatic carbocycles. The molecule has 1 N–H and O–H groups in total. The highest BCUT2D eigenvalue weighted by Gasteiger charge is 2.50. The molecular weight excluding hydrogens is 293 g/mol. The molecule has 0 fully saturated rings. The molecule has 0 saturated carbocycles. The van der Waals surface area contributed by atoms with E-state index in [-0.39, 0.29) is 0 Å². The van der Waals surface area contributed by atoms with E-state index in [1.165, 1.54) is 6.20 Å². The highest BCUT2D eigenvalue weighted by atomic mass is 35.6. The molecule has 1 heterocycles. The molecule has 0 unspecified atom stereocenters. The Bertz CT molecular complexity index is 471. The summed E-state index contributed by atoms with van der Waals surface area (Å²) >= 11 is 17.9. The normalized spacial score (nSPS) is 15.1. The van der Waals surface area contributed by atoms with Crippen molar-refractivity contribution in [2.24, 2.45) is 0 Å². The van der Waals surface area contributed by atoms with Crippen molar-refractivity contribution in [3.05, 3.63) is 66.0 Å². The van der Waals surface area contributed by atoms with Gasteiger partial charge in [-0.25, -0.2) is 0 Å². The second kappa shape index (κ2) is 5.06. The first-order chi connectivity index (χ1) is 8.46. The van der Waals surface area contributed by atoms with Crippen LogP contribution in [0.1, 0.15) is 11.1 Å². The van der Waals surface area contributed by atoms with E-state index in [1.807, 2.05) is 6.07 Å². The maximum atomic E-state index is 10.9. The van der Waals surface area contributed by atoms with Gasteiger partial charge in [-0.3, -0.25) is 4.98 Å². The van der Waals surface area contributed by atoms with Gasteiger partial charge in [0.25, 0.3) is 0 Å². The number of benzene rings is 1. The number of aliphatic hydroxyl groups is 1. The molecule has 0 aliphatic carbocycles. The Hall–Kier alpha value is -0.800. The number of halogens is 3. The fourth-order valence-corrected chi connectivity index (χ4v) is 2.40. The van der Waals surface area contributed by atoms with Gasteiger partial charge in [0, 0.05) is 18.0 Å². The van der Waals surface area contributed by atoms with Gasteiger partial charge < -0.3 is 5.11 Å². The predicted molar refractivity (Wildman–Crippen MR) is 74.0 cm³/mol. The Morgan fingerprint density at radius 1 is 0.889 bits per heavy atom. The Balaban J connectivity index is 2.63. The van der Waals surface area contributed by atoms with Crippen LogP contribution in [0.2, 0.25) is 0 Å². The summed E-state index contributed by atoms with van der Waals surface area (Å²) in [5.41, 5.74) is -0.818. The first-order valence-electron chi connectivity index (χ1n) is 5.21. The molecule has 0 aliphatic rings. The molecule has 2 aromatic rings. The number of nitrogens with zero attached hydrogens (tertiary/aromatic N) is 1. The highest BCUT2D eigenvalue weighted by Crippen LogP contribution is 2.48. The van der Waals surface area contributed by atoms with Gasteiger partial charge in [0.15, 0.2) is 5.60 Å². The van der Waals surface area contributed by atoms with E-state index in [1.54, 1.807) is 42.6 Å². The third-order valence-electron chi connectivity index (χ3n) is 2.68. The van der Waals surface area contributed by atoms with E-state index in [4.69, 9.17) is 34.8 Å². The van der Waals surface area contributed by atoms with Crippen LogP contribution < -0.4 is 0 Å². The van der Waals surface area contributed by atoms with Gasteiger partial charge in [-0.1, -0.05) is 71.2 Å². The topological polar surface area (TPSA) is 33.1 Å². The van der Waals surface area contributed by atoms with Crippen molar-refractivity contribution in [2.75, 3.05) is 0 Å². The summed E-state index contributed by atoms with van der Waals surface area (Å²) in [6.45, 7) is 0. The van der Waals surface area contributed by atoms with Crippen molar-refractivity contribution in [3.8, 4) is 0 Å². The van der Waals surface area contributed by atoms with E-state index in [9.17, 15) is 5.11 Å². The fourth-order valence-electron chi connectivity index (χ4n) is 1.75. The van der Waals surface area contributed by atoms with Crippen molar-refractivity contribution in [3.63, 3.8) is 0 Å². The lowest BCUT2D eigenvalue weighted by molar-refractivity contribution is 0.0846. The van der Waals surface area contributed by atoms with E-state index < -0.39 is 9.39 Å². The van der Waals surface area contributed by atoms with Gasteiger partial charge in [0.1, 0.15) is 0 Å². The molecule has 5 heteroatoms. The van der Waals surface area contributed by atoms with Crippen LogP contribution in [-0.2, 0) is 5.60 Å². The average Bonchev–Trinajstić information content (AvgIpc) is 2.38. The summed E-state index contributed by atoms with van der Waals surface area (Å²) in [6.07, 6.45) is 3.07. The maximum absolute atomic E-state index is 10.9. The summed E-state index contributed by atoms with van der Waals surface area (Å²) in [5.74, 6) is 0.